The molecule has 0 bridgehead atoms. The van der Waals surface area contributed by atoms with E-state index in [0.717, 1.165) is 7.69 Å². The lowest BCUT2D eigenvalue weighted by atomic mass is 10.2. The van der Waals surface area contributed by atoms with Crippen molar-refractivity contribution in [3.05, 3.63) is 24.3 Å². The van der Waals surface area contributed by atoms with Gasteiger partial charge in [0.2, 0.25) is 23.0 Å². The lowest BCUT2D eigenvalue weighted by Crippen LogP contribution is -2.13. The van der Waals surface area contributed by atoms with Gasteiger partial charge in [-0.3, -0.25) is 0 Å². The van der Waals surface area contributed by atoms with Crippen LogP contribution in [-0.4, -0.2) is 50.3 Å². The molecule has 0 heterocycles. The maximum Gasteiger partial charge on any atom is 0.658 e. The van der Waals surface area contributed by atoms with Gasteiger partial charge in [-0.05, 0) is 24.3 Å². The molecule has 2 rings (SSSR count). The Hall–Kier alpha value is -3.10. The van der Waals surface area contributed by atoms with Crippen molar-refractivity contribution in [1.82, 2.24) is 0 Å². The standard InChI is InChI=1S/C18H22BO8/c1-20-11-7-9-13(17(24-5)15(11)22-3)26-19-27-14-10-8-12(21-2)16(23-4)18(14)25-6/h7-10H,1-6H3. The fourth-order valence-corrected chi connectivity index (χ4v) is 2.46. The quantitative estimate of drug-likeness (QED) is 0.586. The predicted octanol–water partition coefficient (Wildman–Crippen LogP) is 2.73. The van der Waals surface area contributed by atoms with E-state index in [1.54, 1.807) is 24.3 Å². The second kappa shape index (κ2) is 9.56. The van der Waals surface area contributed by atoms with E-state index in [1.165, 1.54) is 42.7 Å². The van der Waals surface area contributed by atoms with Gasteiger partial charge in [-0.1, -0.05) is 0 Å². The van der Waals surface area contributed by atoms with E-state index < -0.39 is 0 Å². The van der Waals surface area contributed by atoms with Crippen LogP contribution >= 0.6 is 0 Å². The van der Waals surface area contributed by atoms with E-state index in [9.17, 15) is 0 Å². The first kappa shape index (κ1) is 20.2. The zero-order valence-corrected chi connectivity index (χ0v) is 16.2. The number of ether oxygens (including phenoxy) is 6. The maximum absolute atomic E-state index is 5.57. The average Bonchev–Trinajstić information content (AvgIpc) is 2.72. The molecule has 2 aromatic carbocycles. The van der Waals surface area contributed by atoms with Crippen LogP contribution in [-0.2, 0) is 0 Å². The minimum absolute atomic E-state index is 0.371. The van der Waals surface area contributed by atoms with Gasteiger partial charge in [0, 0.05) is 0 Å². The normalized spacial score (nSPS) is 9.85. The van der Waals surface area contributed by atoms with Gasteiger partial charge < -0.3 is 37.7 Å². The van der Waals surface area contributed by atoms with Crippen molar-refractivity contribution in [2.75, 3.05) is 42.7 Å². The van der Waals surface area contributed by atoms with Gasteiger partial charge in [0.25, 0.3) is 0 Å². The molecule has 0 aliphatic heterocycles. The Morgan fingerprint density at radius 1 is 0.444 bits per heavy atom. The topological polar surface area (TPSA) is 73.8 Å². The molecule has 0 aliphatic carbocycles. The van der Waals surface area contributed by atoms with Crippen molar-refractivity contribution in [2.24, 2.45) is 0 Å². The predicted molar refractivity (Wildman–Crippen MR) is 99.2 cm³/mol. The summed E-state index contributed by atoms with van der Waals surface area (Å²) in [5.41, 5.74) is 0. The molecule has 9 heteroatoms. The molecule has 0 saturated heterocycles. The summed E-state index contributed by atoms with van der Waals surface area (Å²) < 4.78 is 43.0. The average molecular weight is 377 g/mol. The Bertz CT molecular complexity index is 702. The van der Waals surface area contributed by atoms with Crippen LogP contribution in [0.15, 0.2) is 24.3 Å². The summed E-state index contributed by atoms with van der Waals surface area (Å²) in [6, 6.07) is 6.74. The highest BCUT2D eigenvalue weighted by Crippen LogP contribution is 2.45. The van der Waals surface area contributed by atoms with Crippen LogP contribution in [0.3, 0.4) is 0 Å². The molecular formula is C18H22BO8. The lowest BCUT2D eigenvalue weighted by molar-refractivity contribution is 0.310. The molecular weight excluding hydrogens is 355 g/mol. The van der Waals surface area contributed by atoms with Gasteiger partial charge in [0.15, 0.2) is 11.5 Å². The van der Waals surface area contributed by atoms with E-state index >= 15 is 0 Å². The fourth-order valence-electron chi connectivity index (χ4n) is 2.46. The molecule has 0 aromatic heterocycles. The highest BCUT2D eigenvalue weighted by atomic mass is 16.6. The molecule has 0 unspecified atom stereocenters. The van der Waals surface area contributed by atoms with Gasteiger partial charge in [0.1, 0.15) is 11.5 Å². The van der Waals surface area contributed by atoms with Crippen LogP contribution < -0.4 is 37.7 Å². The summed E-state index contributed by atoms with van der Waals surface area (Å²) in [4.78, 5) is 0. The minimum atomic E-state index is 0.371. The summed E-state index contributed by atoms with van der Waals surface area (Å²) in [5, 5.41) is 0. The first-order chi connectivity index (χ1) is 13.1. The van der Waals surface area contributed by atoms with E-state index in [4.69, 9.17) is 37.7 Å². The third-order valence-corrected chi connectivity index (χ3v) is 3.69. The summed E-state index contributed by atoms with van der Waals surface area (Å²) in [6.07, 6.45) is 0. The highest BCUT2D eigenvalue weighted by Gasteiger charge is 2.20. The van der Waals surface area contributed by atoms with Gasteiger partial charge in [-0.2, -0.15) is 0 Å². The molecule has 145 valence electrons. The third kappa shape index (κ3) is 4.19. The lowest BCUT2D eigenvalue weighted by Gasteiger charge is -2.17. The smallest absolute Gasteiger partial charge is 0.524 e. The monoisotopic (exact) mass is 377 g/mol. The molecule has 0 saturated carbocycles. The summed E-state index contributed by atoms with van der Waals surface area (Å²) in [6.45, 7) is 0. The Labute approximate surface area is 159 Å². The van der Waals surface area contributed by atoms with Crippen molar-refractivity contribution >= 4 is 7.69 Å². The molecule has 0 aliphatic rings. The Morgan fingerprint density at radius 3 is 1.04 bits per heavy atom. The van der Waals surface area contributed by atoms with Crippen molar-refractivity contribution < 1.29 is 37.7 Å². The van der Waals surface area contributed by atoms with Gasteiger partial charge in [0.05, 0.1) is 42.7 Å². The minimum Gasteiger partial charge on any atom is -0.524 e. The van der Waals surface area contributed by atoms with Crippen LogP contribution in [0.1, 0.15) is 0 Å². The van der Waals surface area contributed by atoms with Crippen LogP contribution in [0, 0.1) is 0 Å². The number of hydrogen-bond acceptors (Lipinski definition) is 8. The van der Waals surface area contributed by atoms with Crippen LogP contribution in [0.25, 0.3) is 0 Å². The SMILES string of the molecule is COc1ccc(O[B]Oc2ccc(OC)c(OC)c2OC)c(OC)c1OC. The zero-order chi connectivity index (χ0) is 19.8. The summed E-state index contributed by atoms with van der Waals surface area (Å²) in [5.74, 6) is 3.37. The number of rotatable bonds is 10. The maximum atomic E-state index is 5.57. The highest BCUT2D eigenvalue weighted by molar-refractivity contribution is 6.21. The number of methoxy groups -OCH3 is 6. The largest absolute Gasteiger partial charge is 0.658 e. The first-order valence-electron chi connectivity index (χ1n) is 7.88. The van der Waals surface area contributed by atoms with Crippen molar-refractivity contribution in [1.29, 1.82) is 0 Å². The van der Waals surface area contributed by atoms with E-state index in [-0.39, 0.29) is 0 Å². The first-order valence-corrected chi connectivity index (χ1v) is 7.88. The van der Waals surface area contributed by atoms with Gasteiger partial charge in [-0.25, -0.2) is 0 Å². The molecule has 0 fully saturated rings. The molecule has 0 amide bonds. The van der Waals surface area contributed by atoms with Gasteiger partial charge >= 0.3 is 7.69 Å². The van der Waals surface area contributed by atoms with E-state index in [0.29, 0.717) is 46.0 Å². The molecule has 0 spiro atoms. The zero-order valence-electron chi connectivity index (χ0n) is 16.2. The van der Waals surface area contributed by atoms with Crippen LogP contribution in [0.5, 0.6) is 46.0 Å². The molecule has 1 radical (unpaired) electrons. The van der Waals surface area contributed by atoms with E-state index in [1.807, 2.05) is 0 Å². The Morgan fingerprint density at radius 2 is 0.741 bits per heavy atom. The molecule has 0 atom stereocenters. The van der Waals surface area contributed by atoms with Crippen LogP contribution in [0.2, 0.25) is 0 Å². The summed E-state index contributed by atoms with van der Waals surface area (Å²) >= 11 is 0. The van der Waals surface area contributed by atoms with E-state index in [2.05, 4.69) is 0 Å². The molecule has 0 N–H and O–H groups in total. The van der Waals surface area contributed by atoms with Crippen molar-refractivity contribution in [3.63, 3.8) is 0 Å². The molecule has 8 nitrogen and oxygen atoms in total. The second-order valence-electron chi connectivity index (χ2n) is 5.00. The number of hydrogen-bond donors (Lipinski definition) is 0. The second-order valence-corrected chi connectivity index (χ2v) is 5.00. The summed E-state index contributed by atoms with van der Waals surface area (Å²) in [7, 11) is 10.3. The van der Waals surface area contributed by atoms with Gasteiger partial charge in [-0.15, -0.1) is 0 Å². The Balaban J connectivity index is 2.20. The molecule has 2 aromatic rings. The van der Waals surface area contributed by atoms with Crippen molar-refractivity contribution in [2.45, 2.75) is 0 Å². The fraction of sp³-hybridized carbons (Fsp3) is 0.333. The van der Waals surface area contributed by atoms with Crippen molar-refractivity contribution in [3.8, 4) is 46.0 Å². The number of benzene rings is 2. The van der Waals surface area contributed by atoms with Crippen LogP contribution in [0.4, 0.5) is 0 Å². The third-order valence-electron chi connectivity index (χ3n) is 3.69. The Kier molecular flexibility index (Phi) is 7.16. The molecule has 27 heavy (non-hydrogen) atoms.